The van der Waals surface area contributed by atoms with Crippen molar-refractivity contribution in [2.75, 3.05) is 42.3 Å². The molecule has 1 aliphatic rings. The fourth-order valence-electron chi connectivity index (χ4n) is 2.45. The van der Waals surface area contributed by atoms with Gasteiger partial charge in [-0.2, -0.15) is 48.4 Å². The summed E-state index contributed by atoms with van der Waals surface area (Å²) in [6, 6.07) is 17.0. The third kappa shape index (κ3) is 25.1. The molecule has 1 aliphatic carbocycles. The van der Waals surface area contributed by atoms with Gasteiger partial charge >= 0.3 is 21.7 Å². The van der Waals surface area contributed by atoms with Crippen molar-refractivity contribution < 1.29 is 21.7 Å². The van der Waals surface area contributed by atoms with Gasteiger partial charge in [0, 0.05) is 0 Å². The molecule has 3 nitrogen and oxygen atoms in total. The van der Waals surface area contributed by atoms with E-state index in [1.54, 1.807) is 42.3 Å². The van der Waals surface area contributed by atoms with E-state index in [0.29, 0.717) is 0 Å². The molecule has 0 bridgehead atoms. The van der Waals surface area contributed by atoms with E-state index in [4.69, 9.17) is 0 Å². The van der Waals surface area contributed by atoms with E-state index in [0.717, 1.165) is 6.42 Å². The molecule has 0 saturated heterocycles. The molecule has 0 aliphatic heterocycles. The number of hydrogen-bond acceptors (Lipinski definition) is 0. The van der Waals surface area contributed by atoms with Crippen molar-refractivity contribution in [2.24, 2.45) is 5.41 Å². The van der Waals surface area contributed by atoms with Gasteiger partial charge in [-0.15, -0.1) is 0 Å². The van der Waals surface area contributed by atoms with Gasteiger partial charge in [0.05, 0.1) is 0 Å². The normalized spacial score (nSPS) is 12.5. The first-order valence-electron chi connectivity index (χ1n) is 11.9. The zero-order chi connectivity index (χ0) is 27.0. The number of hydrogen-bond donors (Lipinski definition) is 0. The summed E-state index contributed by atoms with van der Waals surface area (Å²) < 4.78 is 0. The molecular formula is C32H47N3Ti. The van der Waals surface area contributed by atoms with Crippen molar-refractivity contribution in [1.29, 1.82) is 0 Å². The molecule has 0 fully saturated rings. The minimum absolute atomic E-state index is 0. The maximum atomic E-state index is 3.50. The second kappa shape index (κ2) is 26.1. The molecule has 0 spiro atoms. The van der Waals surface area contributed by atoms with Crippen LogP contribution < -0.4 is 0 Å². The van der Waals surface area contributed by atoms with Crippen LogP contribution >= 0.6 is 0 Å². The minimum Gasteiger partial charge on any atom is -0.668 e. The first-order chi connectivity index (χ1) is 16.7. The Kier molecular flexibility index (Phi) is 27.9. The Bertz CT molecular complexity index is 788. The molecular weight excluding hydrogens is 474 g/mol. The van der Waals surface area contributed by atoms with Crippen LogP contribution in [0.25, 0.3) is 28.1 Å². The van der Waals surface area contributed by atoms with E-state index in [2.05, 4.69) is 129 Å². The second-order valence-corrected chi connectivity index (χ2v) is 8.71. The van der Waals surface area contributed by atoms with Crippen LogP contribution in [0, 0.1) is 25.3 Å². The largest absolute Gasteiger partial charge is 4.00 e. The summed E-state index contributed by atoms with van der Waals surface area (Å²) in [6.45, 7) is 8.58. The topological polar surface area (TPSA) is 42.3 Å². The molecule has 0 atom stereocenters. The SMILES string of the molecule is CC1(C)[C-]=CC=CC1.C[N-]C.C[N-]C.C[N-]C.Cc1ccc(C=CC=Cc2ccc(C)cc2)cc1.[Ti+4]. The van der Waals surface area contributed by atoms with Crippen molar-refractivity contribution in [3.05, 3.63) is 123 Å². The monoisotopic (exact) mass is 521 g/mol. The van der Waals surface area contributed by atoms with Gasteiger partial charge in [0.1, 0.15) is 0 Å². The maximum Gasteiger partial charge on any atom is 4.00 e. The second-order valence-electron chi connectivity index (χ2n) is 8.71. The third-order valence-corrected chi connectivity index (χ3v) is 4.18. The Morgan fingerprint density at radius 3 is 1.22 bits per heavy atom. The predicted octanol–water partition coefficient (Wildman–Crippen LogP) is 9.22. The van der Waals surface area contributed by atoms with Gasteiger partial charge < -0.3 is 16.0 Å². The predicted molar refractivity (Wildman–Crippen MR) is 161 cm³/mol. The van der Waals surface area contributed by atoms with E-state index in [-0.39, 0.29) is 27.1 Å². The number of rotatable bonds is 3. The molecule has 194 valence electrons. The van der Waals surface area contributed by atoms with Crippen LogP contribution in [0.4, 0.5) is 0 Å². The van der Waals surface area contributed by atoms with Gasteiger partial charge in [0.15, 0.2) is 0 Å². The van der Waals surface area contributed by atoms with Gasteiger partial charge in [-0.05, 0) is 25.0 Å². The standard InChI is InChI=1S/C18H18.C8H11.3C2H6N.Ti/c1-15-7-11-17(12-8-15)5-3-4-6-18-13-9-16(2)10-14-18;1-8(2)6-4-3-5-7-8;3*1-3-2;/h3-14H,1-2H3;3-5H,6H2,1-2H3;3*1-2H3;/q;4*-1;+4. The molecule has 2 aromatic rings. The molecule has 0 heterocycles. The minimum atomic E-state index is 0. The fourth-order valence-corrected chi connectivity index (χ4v) is 2.45. The molecule has 0 N–H and O–H groups in total. The van der Waals surface area contributed by atoms with Crippen LogP contribution in [-0.2, 0) is 21.7 Å². The molecule has 36 heavy (non-hydrogen) atoms. The average molecular weight is 522 g/mol. The number of nitrogens with zero attached hydrogens (tertiary/aromatic N) is 3. The summed E-state index contributed by atoms with van der Waals surface area (Å²) in [5, 5.41) is 10.5. The molecule has 0 radical (unpaired) electrons. The summed E-state index contributed by atoms with van der Waals surface area (Å²) in [5.74, 6) is 0. The first-order valence-corrected chi connectivity index (χ1v) is 11.9. The number of benzene rings is 2. The quantitative estimate of drug-likeness (QED) is 0.219. The van der Waals surface area contributed by atoms with Crippen LogP contribution in [0.3, 0.4) is 0 Å². The van der Waals surface area contributed by atoms with Crippen LogP contribution in [-0.4, -0.2) is 42.3 Å². The molecule has 0 amide bonds. The van der Waals surface area contributed by atoms with E-state index < -0.39 is 0 Å². The Labute approximate surface area is 238 Å². The summed E-state index contributed by atoms with van der Waals surface area (Å²) >= 11 is 0. The van der Waals surface area contributed by atoms with Crippen molar-refractivity contribution in [1.82, 2.24) is 0 Å². The van der Waals surface area contributed by atoms with Crippen LogP contribution in [0.15, 0.2) is 78.9 Å². The first kappa shape index (κ1) is 38.5. The number of allylic oxidation sites excluding steroid dienone is 6. The van der Waals surface area contributed by atoms with Crippen LogP contribution in [0.2, 0.25) is 0 Å². The molecule has 2 aromatic carbocycles. The van der Waals surface area contributed by atoms with Gasteiger partial charge in [-0.3, -0.25) is 6.08 Å². The number of aryl methyl sites for hydroxylation is 2. The van der Waals surface area contributed by atoms with Crippen molar-refractivity contribution in [2.45, 2.75) is 34.1 Å². The fraction of sp³-hybridized carbons (Fsp3) is 0.375. The van der Waals surface area contributed by atoms with Gasteiger partial charge in [-0.1, -0.05) is 110 Å². The van der Waals surface area contributed by atoms with E-state index in [1.807, 2.05) is 12.2 Å². The Morgan fingerprint density at radius 2 is 1.00 bits per heavy atom. The van der Waals surface area contributed by atoms with Crippen molar-refractivity contribution in [3.63, 3.8) is 0 Å². The Hall–Kier alpha value is -2.01. The van der Waals surface area contributed by atoms with E-state index in [1.165, 1.54) is 22.3 Å². The van der Waals surface area contributed by atoms with Crippen LogP contribution in [0.5, 0.6) is 0 Å². The summed E-state index contributed by atoms with van der Waals surface area (Å²) in [5.41, 5.74) is 5.34. The van der Waals surface area contributed by atoms with Gasteiger partial charge in [0.2, 0.25) is 0 Å². The summed E-state index contributed by atoms with van der Waals surface area (Å²) in [4.78, 5) is 0. The molecule has 4 heteroatoms. The zero-order valence-corrected chi connectivity index (χ0v) is 25.8. The van der Waals surface area contributed by atoms with Crippen molar-refractivity contribution >= 4 is 12.2 Å². The zero-order valence-electron chi connectivity index (χ0n) is 24.2. The maximum absolute atomic E-state index is 3.50. The van der Waals surface area contributed by atoms with E-state index in [9.17, 15) is 0 Å². The molecule has 0 aromatic heterocycles. The molecule has 0 unspecified atom stereocenters. The summed E-state index contributed by atoms with van der Waals surface area (Å²) in [6.07, 6.45) is 19.0. The van der Waals surface area contributed by atoms with Gasteiger partial charge in [0.25, 0.3) is 0 Å². The van der Waals surface area contributed by atoms with Gasteiger partial charge in [-0.25, -0.2) is 12.2 Å². The van der Waals surface area contributed by atoms with Crippen molar-refractivity contribution in [3.8, 4) is 0 Å². The average Bonchev–Trinajstić information content (AvgIpc) is 2.81. The summed E-state index contributed by atoms with van der Waals surface area (Å²) in [7, 11) is 10.5. The van der Waals surface area contributed by atoms with E-state index >= 15 is 0 Å². The Balaban J connectivity index is -0.000000503. The smallest absolute Gasteiger partial charge is 0.668 e. The third-order valence-electron chi connectivity index (χ3n) is 4.18. The van der Waals surface area contributed by atoms with Crippen LogP contribution in [0.1, 0.15) is 42.5 Å². The Morgan fingerprint density at radius 1 is 0.667 bits per heavy atom. The molecule has 3 rings (SSSR count). The molecule has 0 saturated carbocycles.